The molecular weight excluding hydrogens is 561 g/mol. The maximum absolute atomic E-state index is 12.3. The lowest BCUT2D eigenvalue weighted by atomic mass is 9.95. The van der Waals surface area contributed by atoms with Crippen molar-refractivity contribution in [3.8, 4) is 5.75 Å². The van der Waals surface area contributed by atoms with Crippen LogP contribution in [0.3, 0.4) is 0 Å². The van der Waals surface area contributed by atoms with Crippen molar-refractivity contribution in [1.82, 2.24) is 0 Å². The normalized spacial score (nSPS) is 13.6. The predicted molar refractivity (Wildman–Crippen MR) is 178 cm³/mol. The first-order valence-electron chi connectivity index (χ1n) is 17.5. The molecule has 2 atom stereocenters. The van der Waals surface area contributed by atoms with Gasteiger partial charge in [0, 0.05) is 6.42 Å². The molecule has 250 valence electrons. The van der Waals surface area contributed by atoms with Gasteiger partial charge >= 0.3 is 7.82 Å². The monoisotopic (exact) mass is 626 g/mol. The van der Waals surface area contributed by atoms with Crippen molar-refractivity contribution in [3.63, 3.8) is 0 Å². The third kappa shape index (κ3) is 23.8. The van der Waals surface area contributed by atoms with Crippen molar-refractivity contribution in [1.29, 1.82) is 0 Å². The number of carbonyl (C=O) groups excluding carboxylic acids is 1. The molecule has 43 heavy (non-hydrogen) atoms. The minimum Gasteiger partial charge on any atom is -0.493 e. The summed E-state index contributed by atoms with van der Waals surface area (Å²) in [6, 6.07) is 7.86. The standard InChI is InChI=1S/C35H64NO6P/c1-4-5-6-7-8-9-10-11-12-13-14-15-16-17-18-22-27-40-35-25-20-19-24-34(35)30-33(29-32(2)37)31-42-43(38,39)41-28-23-21-26-36-3/h19-20,24-25,33,36H,4-18,21-23,26-31H2,1-3H3,(H,38,39)/p+1. The highest BCUT2D eigenvalue weighted by molar-refractivity contribution is 7.47. The summed E-state index contributed by atoms with van der Waals surface area (Å²) in [6.45, 7) is 5.57. The number of phosphoric acid groups is 1. The van der Waals surface area contributed by atoms with Gasteiger partial charge in [-0.05, 0) is 50.2 Å². The maximum Gasteiger partial charge on any atom is 0.472 e. The molecule has 0 bridgehead atoms. The topological polar surface area (TPSA) is 98.7 Å². The first-order chi connectivity index (χ1) is 20.9. The molecule has 0 aliphatic carbocycles. The molecule has 0 heterocycles. The summed E-state index contributed by atoms with van der Waals surface area (Å²) >= 11 is 0. The molecule has 0 aromatic heterocycles. The molecule has 7 nitrogen and oxygen atoms in total. The minimum atomic E-state index is -4.16. The Morgan fingerprint density at radius 3 is 1.88 bits per heavy atom. The van der Waals surface area contributed by atoms with Gasteiger partial charge in [-0.2, -0.15) is 0 Å². The van der Waals surface area contributed by atoms with Crippen LogP contribution in [0, 0.1) is 5.92 Å². The van der Waals surface area contributed by atoms with Crippen LogP contribution in [-0.4, -0.2) is 44.1 Å². The Kier molecular flexibility index (Phi) is 25.1. The predicted octanol–water partition coefficient (Wildman–Crippen LogP) is 8.57. The molecule has 0 saturated heterocycles. The van der Waals surface area contributed by atoms with Crippen molar-refractivity contribution in [2.45, 2.75) is 142 Å². The number of ether oxygens (including phenoxy) is 1. The van der Waals surface area contributed by atoms with Gasteiger partial charge in [-0.15, -0.1) is 0 Å². The summed E-state index contributed by atoms with van der Waals surface area (Å²) in [5, 5.41) is 2.06. The number of hydrogen-bond donors (Lipinski definition) is 2. The first kappa shape index (κ1) is 39.8. The van der Waals surface area contributed by atoms with Crippen molar-refractivity contribution >= 4 is 13.6 Å². The van der Waals surface area contributed by atoms with E-state index in [1.165, 1.54) is 103 Å². The van der Waals surface area contributed by atoms with Crippen LogP contribution < -0.4 is 10.1 Å². The van der Waals surface area contributed by atoms with Crippen LogP contribution in [0.15, 0.2) is 24.3 Å². The summed E-state index contributed by atoms with van der Waals surface area (Å²) in [4.78, 5) is 22.0. The van der Waals surface area contributed by atoms with Gasteiger partial charge in [0.1, 0.15) is 11.5 Å². The molecule has 0 aliphatic heterocycles. The smallest absolute Gasteiger partial charge is 0.472 e. The molecule has 1 aromatic rings. The number of hydrogen-bond acceptors (Lipinski definition) is 5. The lowest BCUT2D eigenvalue weighted by Gasteiger charge is -2.20. The Labute approximate surface area is 263 Å². The second-order valence-electron chi connectivity index (χ2n) is 12.2. The molecule has 0 radical (unpaired) electrons. The number of nitrogens with two attached hydrogens (primary N) is 1. The average molecular weight is 627 g/mol. The van der Waals surface area contributed by atoms with E-state index in [2.05, 4.69) is 12.2 Å². The summed E-state index contributed by atoms with van der Waals surface area (Å²) in [7, 11) is -2.17. The highest BCUT2D eigenvalue weighted by Gasteiger charge is 2.24. The number of benzene rings is 1. The highest BCUT2D eigenvalue weighted by Crippen LogP contribution is 2.44. The van der Waals surface area contributed by atoms with Crippen molar-refractivity contribution in [2.75, 3.05) is 33.4 Å². The van der Waals surface area contributed by atoms with E-state index in [4.69, 9.17) is 13.8 Å². The number of phosphoric ester groups is 1. The van der Waals surface area contributed by atoms with Crippen molar-refractivity contribution in [3.05, 3.63) is 29.8 Å². The fourth-order valence-electron chi connectivity index (χ4n) is 5.42. The number of quaternary nitrogens is 1. The van der Waals surface area contributed by atoms with Gasteiger partial charge in [0.05, 0.1) is 33.4 Å². The van der Waals surface area contributed by atoms with E-state index in [1.807, 2.05) is 31.3 Å². The van der Waals surface area contributed by atoms with Crippen LogP contribution in [0.25, 0.3) is 0 Å². The van der Waals surface area contributed by atoms with E-state index in [-0.39, 0.29) is 31.3 Å². The zero-order valence-corrected chi connectivity index (χ0v) is 28.8. The lowest BCUT2D eigenvalue weighted by Crippen LogP contribution is -2.79. The molecule has 1 aromatic carbocycles. The zero-order valence-electron chi connectivity index (χ0n) is 27.9. The van der Waals surface area contributed by atoms with Crippen LogP contribution in [0.1, 0.15) is 141 Å². The largest absolute Gasteiger partial charge is 0.493 e. The number of unbranched alkanes of at least 4 members (excludes halogenated alkanes) is 16. The Morgan fingerprint density at radius 1 is 0.791 bits per heavy atom. The van der Waals surface area contributed by atoms with Gasteiger partial charge in [-0.1, -0.05) is 121 Å². The quantitative estimate of drug-likeness (QED) is 0.0633. The molecule has 8 heteroatoms. The van der Waals surface area contributed by atoms with E-state index in [1.54, 1.807) is 0 Å². The Hall–Kier alpha value is -1.24. The maximum atomic E-state index is 12.3. The second kappa shape index (κ2) is 27.1. The van der Waals surface area contributed by atoms with Gasteiger partial charge in [0.2, 0.25) is 0 Å². The zero-order chi connectivity index (χ0) is 31.4. The molecular formula is C35H65NO6P+. The van der Waals surface area contributed by atoms with Gasteiger partial charge in [0.25, 0.3) is 0 Å². The fourth-order valence-corrected chi connectivity index (χ4v) is 6.25. The Morgan fingerprint density at radius 2 is 1.33 bits per heavy atom. The van der Waals surface area contributed by atoms with Gasteiger partial charge in [-0.25, -0.2) is 4.57 Å². The molecule has 0 aliphatic rings. The molecule has 0 spiro atoms. The fraction of sp³-hybridized carbons (Fsp3) is 0.800. The number of para-hydroxylation sites is 1. The van der Waals surface area contributed by atoms with Crippen molar-refractivity contribution in [2.24, 2.45) is 5.92 Å². The number of rotatable bonds is 31. The molecule has 3 N–H and O–H groups in total. The van der Waals surface area contributed by atoms with Crippen LogP contribution in [0.5, 0.6) is 5.75 Å². The Bertz CT molecular complexity index is 851. The van der Waals surface area contributed by atoms with Crippen molar-refractivity contribution < 1.29 is 33.4 Å². The van der Waals surface area contributed by atoms with Gasteiger partial charge in [-0.3, -0.25) is 9.05 Å². The summed E-state index contributed by atoms with van der Waals surface area (Å²) in [6.07, 6.45) is 23.9. The third-order valence-electron chi connectivity index (χ3n) is 7.93. The first-order valence-corrected chi connectivity index (χ1v) is 19.0. The second-order valence-corrected chi connectivity index (χ2v) is 13.7. The van der Waals surface area contributed by atoms with Crippen LogP contribution in [-0.2, 0) is 24.8 Å². The average Bonchev–Trinajstić information content (AvgIpc) is 2.98. The lowest BCUT2D eigenvalue weighted by molar-refractivity contribution is -0.627. The van der Waals surface area contributed by atoms with E-state index < -0.39 is 7.82 Å². The highest BCUT2D eigenvalue weighted by atomic mass is 31.2. The van der Waals surface area contributed by atoms with E-state index in [9.17, 15) is 14.3 Å². The van der Waals surface area contributed by atoms with E-state index in [0.717, 1.165) is 30.7 Å². The Balaban J connectivity index is 2.25. The van der Waals surface area contributed by atoms with E-state index >= 15 is 0 Å². The summed E-state index contributed by atoms with van der Waals surface area (Å²) in [5.41, 5.74) is 0.985. The number of ketones is 1. The van der Waals surface area contributed by atoms with Gasteiger partial charge < -0.3 is 19.7 Å². The number of Topliss-reactive ketones (excluding diaryl/α,β-unsaturated/α-hetero) is 1. The van der Waals surface area contributed by atoms with Crippen LogP contribution in [0.4, 0.5) is 0 Å². The minimum absolute atomic E-state index is 0.0182. The van der Waals surface area contributed by atoms with Crippen LogP contribution in [0.2, 0.25) is 0 Å². The summed E-state index contributed by atoms with van der Waals surface area (Å²) < 4.78 is 28.9. The number of carbonyl (C=O) groups is 1. The van der Waals surface area contributed by atoms with Crippen LogP contribution >= 0.6 is 7.82 Å². The SMILES string of the molecule is CCCCCCCCCCCCCCCCCCOc1ccccc1CC(COP(=O)(O)OCCCC[NH2+]C)CC(C)=O. The molecule has 2 unspecified atom stereocenters. The molecule has 0 fully saturated rings. The van der Waals surface area contributed by atoms with Gasteiger partial charge in [0.15, 0.2) is 0 Å². The molecule has 1 rings (SSSR count). The van der Waals surface area contributed by atoms with E-state index in [0.29, 0.717) is 19.4 Å². The molecule has 0 amide bonds. The molecule has 0 saturated carbocycles. The summed E-state index contributed by atoms with van der Waals surface area (Å²) in [5.74, 6) is 0.592. The third-order valence-corrected chi connectivity index (χ3v) is 8.91.